The van der Waals surface area contributed by atoms with E-state index in [1.807, 2.05) is 0 Å². The Labute approximate surface area is 114 Å². The molecule has 0 fully saturated rings. The molecule has 19 heavy (non-hydrogen) atoms. The van der Waals surface area contributed by atoms with E-state index in [2.05, 4.69) is 5.10 Å². The Morgan fingerprint density at radius 3 is 2.42 bits per heavy atom. The van der Waals surface area contributed by atoms with E-state index >= 15 is 0 Å². The lowest BCUT2D eigenvalue weighted by molar-refractivity contribution is 0.106. The Kier molecular flexibility index (Phi) is 3.92. The molecule has 0 aliphatic heterocycles. The number of hydrogen-bond donors (Lipinski definition) is 1. The fourth-order valence-corrected chi connectivity index (χ4v) is 1.82. The predicted octanol–water partition coefficient (Wildman–Crippen LogP) is 3.02. The van der Waals surface area contributed by atoms with Crippen LogP contribution in [0.25, 0.3) is 0 Å². The van der Waals surface area contributed by atoms with Crippen LogP contribution in [0.4, 0.5) is 4.39 Å². The highest BCUT2D eigenvalue weighted by Crippen LogP contribution is 2.17. The molecule has 0 saturated heterocycles. The van der Waals surface area contributed by atoms with Gasteiger partial charge in [0.1, 0.15) is 11.5 Å². The molecule has 0 radical (unpaired) electrons. The molecule has 0 atom stereocenters. The van der Waals surface area contributed by atoms with Crippen LogP contribution in [0.15, 0.2) is 53.6 Å². The maximum Gasteiger partial charge on any atom is 0.216 e. The lowest BCUT2D eigenvalue weighted by atomic mass is 10.0. The van der Waals surface area contributed by atoms with E-state index in [0.29, 0.717) is 5.56 Å². The van der Waals surface area contributed by atoms with Crippen molar-refractivity contribution in [3.8, 4) is 0 Å². The molecular weight excluding hydrogens is 267 g/mol. The first kappa shape index (κ1) is 13.2. The lowest BCUT2D eigenvalue weighted by Gasteiger charge is -2.06. The average molecular weight is 277 g/mol. The summed E-state index contributed by atoms with van der Waals surface area (Å²) >= 11 is 5.65. The number of ketones is 1. The Morgan fingerprint density at radius 2 is 1.84 bits per heavy atom. The number of hydrazone groups is 1. The first-order valence-electron chi connectivity index (χ1n) is 5.46. The minimum Gasteiger partial charge on any atom is -0.323 e. The maximum absolute atomic E-state index is 13.7. The molecule has 0 saturated carbocycles. The van der Waals surface area contributed by atoms with Crippen molar-refractivity contribution in [2.45, 2.75) is 0 Å². The number of Topliss-reactive ketones (excluding diaryl/α,β-unsaturated/α-hetero) is 1. The molecule has 96 valence electrons. The monoisotopic (exact) mass is 276 g/mol. The highest BCUT2D eigenvalue weighted by Gasteiger charge is 2.19. The normalized spacial score (nSPS) is 11.4. The van der Waals surface area contributed by atoms with Gasteiger partial charge in [-0.2, -0.15) is 5.10 Å². The van der Waals surface area contributed by atoms with Crippen molar-refractivity contribution < 1.29 is 9.18 Å². The van der Waals surface area contributed by atoms with Crippen LogP contribution in [0.1, 0.15) is 15.9 Å². The van der Waals surface area contributed by atoms with Gasteiger partial charge in [-0.3, -0.25) is 4.79 Å². The second-order valence-electron chi connectivity index (χ2n) is 3.80. The van der Waals surface area contributed by atoms with Crippen LogP contribution in [-0.2, 0) is 0 Å². The summed E-state index contributed by atoms with van der Waals surface area (Å²) in [6.07, 6.45) is 0. The van der Waals surface area contributed by atoms with Gasteiger partial charge < -0.3 is 5.84 Å². The number of rotatable bonds is 3. The number of hydrogen-bond acceptors (Lipinski definition) is 3. The molecule has 0 aromatic heterocycles. The van der Waals surface area contributed by atoms with Gasteiger partial charge >= 0.3 is 0 Å². The van der Waals surface area contributed by atoms with E-state index < -0.39 is 11.6 Å². The summed E-state index contributed by atoms with van der Waals surface area (Å²) in [6, 6.07) is 12.5. The largest absolute Gasteiger partial charge is 0.323 e. The van der Waals surface area contributed by atoms with Crippen molar-refractivity contribution in [2.75, 3.05) is 0 Å². The third-order valence-corrected chi connectivity index (χ3v) is 2.80. The molecule has 0 unspecified atom stereocenters. The SMILES string of the molecule is NN=C(C(=O)c1ccc(Cl)cc1F)c1ccccc1. The molecule has 0 amide bonds. The van der Waals surface area contributed by atoms with Gasteiger partial charge in [0, 0.05) is 10.6 Å². The lowest BCUT2D eigenvalue weighted by Crippen LogP contribution is -2.19. The zero-order valence-electron chi connectivity index (χ0n) is 9.81. The number of carbonyl (C=O) groups is 1. The highest BCUT2D eigenvalue weighted by atomic mass is 35.5. The molecule has 0 heterocycles. The number of nitrogens with zero attached hydrogens (tertiary/aromatic N) is 1. The summed E-state index contributed by atoms with van der Waals surface area (Å²) in [5, 5.41) is 3.69. The number of carbonyl (C=O) groups excluding carboxylic acids is 1. The zero-order valence-corrected chi connectivity index (χ0v) is 10.6. The van der Waals surface area contributed by atoms with Crippen molar-refractivity contribution in [1.29, 1.82) is 0 Å². The predicted molar refractivity (Wildman–Crippen MR) is 72.9 cm³/mol. The number of nitrogens with two attached hydrogens (primary N) is 1. The minimum atomic E-state index is -0.699. The van der Waals surface area contributed by atoms with Gasteiger partial charge in [-0.05, 0) is 18.2 Å². The van der Waals surface area contributed by atoms with Crippen LogP contribution >= 0.6 is 11.6 Å². The van der Waals surface area contributed by atoms with E-state index in [4.69, 9.17) is 17.4 Å². The Bertz CT molecular complexity index is 641. The van der Waals surface area contributed by atoms with Gasteiger partial charge in [-0.25, -0.2) is 4.39 Å². The maximum atomic E-state index is 13.7. The molecule has 3 nitrogen and oxygen atoms in total. The van der Waals surface area contributed by atoms with Crippen LogP contribution in [0.5, 0.6) is 0 Å². The van der Waals surface area contributed by atoms with E-state index in [1.165, 1.54) is 12.1 Å². The molecule has 2 rings (SSSR count). The van der Waals surface area contributed by atoms with Crippen LogP contribution < -0.4 is 5.84 Å². The molecule has 0 spiro atoms. The van der Waals surface area contributed by atoms with E-state index in [1.54, 1.807) is 30.3 Å². The van der Waals surface area contributed by atoms with Gasteiger partial charge in [-0.1, -0.05) is 41.9 Å². The van der Waals surface area contributed by atoms with Gasteiger partial charge in [0.15, 0.2) is 0 Å². The summed E-state index contributed by atoms with van der Waals surface area (Å²) in [5.41, 5.74) is 0.420. The van der Waals surface area contributed by atoms with Crippen molar-refractivity contribution in [2.24, 2.45) is 10.9 Å². The van der Waals surface area contributed by atoms with Crippen LogP contribution in [0.3, 0.4) is 0 Å². The van der Waals surface area contributed by atoms with Crippen molar-refractivity contribution in [3.63, 3.8) is 0 Å². The summed E-state index contributed by atoms with van der Waals surface area (Å²) in [6.45, 7) is 0. The smallest absolute Gasteiger partial charge is 0.216 e. The first-order chi connectivity index (χ1) is 9.13. The molecule has 2 N–H and O–H groups in total. The molecule has 2 aromatic rings. The van der Waals surface area contributed by atoms with E-state index in [9.17, 15) is 9.18 Å². The summed E-state index contributed by atoms with van der Waals surface area (Å²) < 4.78 is 13.7. The number of halogens is 2. The fourth-order valence-electron chi connectivity index (χ4n) is 1.66. The van der Waals surface area contributed by atoms with Crippen molar-refractivity contribution >= 4 is 23.1 Å². The van der Waals surface area contributed by atoms with Crippen molar-refractivity contribution in [3.05, 3.63) is 70.5 Å². The molecule has 0 aliphatic carbocycles. The Morgan fingerprint density at radius 1 is 1.16 bits per heavy atom. The second-order valence-corrected chi connectivity index (χ2v) is 4.23. The third kappa shape index (κ3) is 2.80. The topological polar surface area (TPSA) is 55.4 Å². The van der Waals surface area contributed by atoms with Gasteiger partial charge in [0.05, 0.1) is 5.56 Å². The molecule has 0 bridgehead atoms. The van der Waals surface area contributed by atoms with Crippen LogP contribution in [0, 0.1) is 5.82 Å². The Balaban J connectivity index is 2.43. The van der Waals surface area contributed by atoms with Crippen LogP contribution in [0.2, 0.25) is 5.02 Å². The standard InChI is InChI=1S/C14H10ClFN2O/c15-10-6-7-11(12(16)8-10)14(19)13(18-17)9-4-2-1-3-5-9/h1-8H,17H2. The van der Waals surface area contributed by atoms with Gasteiger partial charge in [0.25, 0.3) is 0 Å². The van der Waals surface area contributed by atoms with Gasteiger partial charge in [-0.15, -0.1) is 0 Å². The van der Waals surface area contributed by atoms with E-state index in [-0.39, 0.29) is 16.3 Å². The van der Waals surface area contributed by atoms with Gasteiger partial charge in [0.2, 0.25) is 5.78 Å². The fraction of sp³-hybridized carbons (Fsp3) is 0. The average Bonchev–Trinajstić information content (AvgIpc) is 2.40. The van der Waals surface area contributed by atoms with Crippen molar-refractivity contribution in [1.82, 2.24) is 0 Å². The second kappa shape index (κ2) is 5.63. The third-order valence-electron chi connectivity index (χ3n) is 2.57. The summed E-state index contributed by atoms with van der Waals surface area (Å²) in [5.74, 6) is 3.96. The minimum absolute atomic E-state index is 0.00169. The molecule has 0 aliphatic rings. The summed E-state index contributed by atoms with van der Waals surface area (Å²) in [4.78, 5) is 12.2. The quantitative estimate of drug-likeness (QED) is 0.405. The van der Waals surface area contributed by atoms with Crippen LogP contribution in [-0.4, -0.2) is 11.5 Å². The van der Waals surface area contributed by atoms with E-state index in [0.717, 1.165) is 6.07 Å². The highest BCUT2D eigenvalue weighted by molar-refractivity contribution is 6.51. The number of benzene rings is 2. The Hall–Kier alpha value is -2.20. The summed E-state index contributed by atoms with van der Waals surface area (Å²) in [7, 11) is 0. The molecule has 5 heteroatoms. The molecule has 2 aromatic carbocycles. The first-order valence-corrected chi connectivity index (χ1v) is 5.84. The zero-order chi connectivity index (χ0) is 13.8. The molecular formula is C14H10ClFN2O.